The number of hydrogen-bond donors (Lipinski definition) is 2. The average Bonchev–Trinajstić information content (AvgIpc) is 2.36. The van der Waals surface area contributed by atoms with Crippen LogP contribution in [0.2, 0.25) is 0 Å². The van der Waals surface area contributed by atoms with Crippen molar-refractivity contribution in [3.8, 4) is 0 Å². The molecule has 1 rings (SSSR count). The summed E-state index contributed by atoms with van der Waals surface area (Å²) in [6.07, 6.45) is 2.02. The molecule has 0 aliphatic heterocycles. The summed E-state index contributed by atoms with van der Waals surface area (Å²) < 4.78 is 0. The van der Waals surface area contributed by atoms with Gasteiger partial charge in [0.15, 0.2) is 0 Å². The van der Waals surface area contributed by atoms with Crippen molar-refractivity contribution in [3.63, 3.8) is 0 Å². The van der Waals surface area contributed by atoms with E-state index in [1.54, 1.807) is 23.9 Å². The van der Waals surface area contributed by atoms with Gasteiger partial charge in [-0.3, -0.25) is 4.79 Å². The topological polar surface area (TPSA) is 66.4 Å². The molecule has 1 aromatic rings. The Bertz CT molecular complexity index is 434. The molecule has 0 radical (unpaired) electrons. The number of hydrogen-bond acceptors (Lipinski definition) is 3. The number of carboxylic acids is 1. The van der Waals surface area contributed by atoms with Gasteiger partial charge in [-0.15, -0.1) is 0 Å². The van der Waals surface area contributed by atoms with E-state index in [1.807, 2.05) is 6.26 Å². The Morgan fingerprint density at radius 2 is 2.06 bits per heavy atom. The van der Waals surface area contributed by atoms with E-state index in [-0.39, 0.29) is 11.5 Å². The summed E-state index contributed by atoms with van der Waals surface area (Å²) in [5, 5.41) is 11.6. The van der Waals surface area contributed by atoms with Crippen LogP contribution in [0.1, 0.15) is 27.6 Å². The minimum Gasteiger partial charge on any atom is -0.478 e. The highest BCUT2D eigenvalue weighted by molar-refractivity contribution is 7.98. The maximum Gasteiger partial charge on any atom is 0.335 e. The van der Waals surface area contributed by atoms with Gasteiger partial charge in [0.05, 0.1) is 5.56 Å². The molecule has 0 aromatic heterocycles. The molecule has 0 spiro atoms. The molecule has 1 aromatic carbocycles. The highest BCUT2D eigenvalue weighted by Crippen LogP contribution is 2.07. The van der Waals surface area contributed by atoms with E-state index < -0.39 is 5.97 Å². The minimum absolute atomic E-state index is 0.125. The van der Waals surface area contributed by atoms with Gasteiger partial charge in [-0.2, -0.15) is 11.8 Å². The number of carboxylic acid groups (broad SMARTS) is 1. The summed E-state index contributed by atoms with van der Waals surface area (Å²) in [5.41, 5.74) is 0.506. The Kier molecular flexibility index (Phi) is 5.71. The van der Waals surface area contributed by atoms with Crippen molar-refractivity contribution in [2.75, 3.05) is 18.6 Å². The highest BCUT2D eigenvalue weighted by Gasteiger charge is 2.10. The predicted molar refractivity (Wildman–Crippen MR) is 73.3 cm³/mol. The van der Waals surface area contributed by atoms with E-state index in [0.717, 1.165) is 5.75 Å². The van der Waals surface area contributed by atoms with E-state index in [1.165, 1.54) is 12.1 Å². The van der Waals surface area contributed by atoms with Gasteiger partial charge in [-0.25, -0.2) is 4.79 Å². The molecule has 18 heavy (non-hydrogen) atoms. The van der Waals surface area contributed by atoms with E-state index >= 15 is 0 Å². The lowest BCUT2D eigenvalue weighted by Gasteiger charge is -2.11. The van der Waals surface area contributed by atoms with Crippen LogP contribution in [-0.4, -0.2) is 35.5 Å². The predicted octanol–water partition coefficient (Wildman–Crippen LogP) is 2.11. The molecule has 1 unspecified atom stereocenters. The van der Waals surface area contributed by atoms with Crippen molar-refractivity contribution in [1.82, 2.24) is 5.32 Å². The Hall–Kier alpha value is -1.49. The van der Waals surface area contributed by atoms with E-state index in [9.17, 15) is 9.59 Å². The van der Waals surface area contributed by atoms with Crippen LogP contribution in [0.3, 0.4) is 0 Å². The molecule has 2 N–H and O–H groups in total. The maximum absolute atomic E-state index is 11.8. The van der Waals surface area contributed by atoms with Gasteiger partial charge in [0, 0.05) is 12.1 Å². The summed E-state index contributed by atoms with van der Waals surface area (Å²) in [6.45, 7) is 2.65. The monoisotopic (exact) mass is 267 g/mol. The number of rotatable bonds is 6. The number of amides is 1. The van der Waals surface area contributed by atoms with Crippen molar-refractivity contribution in [1.29, 1.82) is 0 Å². The summed E-state index contributed by atoms with van der Waals surface area (Å²) in [4.78, 5) is 22.6. The van der Waals surface area contributed by atoms with E-state index in [2.05, 4.69) is 12.2 Å². The number of carbonyl (C=O) groups excluding carboxylic acids is 1. The molecular formula is C13H17NO3S. The van der Waals surface area contributed by atoms with Crippen molar-refractivity contribution in [3.05, 3.63) is 35.4 Å². The zero-order valence-electron chi connectivity index (χ0n) is 10.5. The third-order valence-corrected chi connectivity index (χ3v) is 3.34. The summed E-state index contributed by atoms with van der Waals surface area (Å²) >= 11 is 1.73. The van der Waals surface area contributed by atoms with Crippen LogP contribution in [-0.2, 0) is 0 Å². The molecule has 0 aliphatic carbocycles. The van der Waals surface area contributed by atoms with Crippen molar-refractivity contribution < 1.29 is 14.7 Å². The van der Waals surface area contributed by atoms with Gasteiger partial charge in [0.1, 0.15) is 0 Å². The summed E-state index contributed by atoms with van der Waals surface area (Å²) in [5.74, 6) is 0.119. The van der Waals surface area contributed by atoms with Crippen LogP contribution < -0.4 is 5.32 Å². The fourth-order valence-corrected chi connectivity index (χ4v) is 2.19. The molecule has 0 bridgehead atoms. The number of nitrogens with one attached hydrogen (secondary N) is 1. The number of thioether (sulfide) groups is 1. The number of aromatic carboxylic acids is 1. The molecule has 0 aliphatic rings. The lowest BCUT2D eigenvalue weighted by atomic mass is 10.1. The van der Waals surface area contributed by atoms with Crippen molar-refractivity contribution >= 4 is 23.6 Å². The van der Waals surface area contributed by atoms with Gasteiger partial charge in [0.25, 0.3) is 5.91 Å². The first kappa shape index (κ1) is 14.6. The quantitative estimate of drug-likeness (QED) is 0.828. The second-order valence-corrected chi connectivity index (χ2v) is 5.07. The first-order valence-corrected chi connectivity index (χ1v) is 7.04. The zero-order chi connectivity index (χ0) is 13.5. The standard InChI is InChI=1S/C13H17NO3S/c1-9(8-18-2)7-14-12(15)10-4-3-5-11(6-10)13(16)17/h3-6,9H,7-8H2,1-2H3,(H,14,15)(H,16,17). The molecule has 98 valence electrons. The van der Waals surface area contributed by atoms with Crippen LogP contribution in [0, 0.1) is 5.92 Å². The first-order valence-electron chi connectivity index (χ1n) is 5.65. The van der Waals surface area contributed by atoms with Crippen LogP contribution in [0.4, 0.5) is 0 Å². The molecule has 1 atom stereocenters. The number of benzene rings is 1. The Morgan fingerprint density at radius 3 is 2.67 bits per heavy atom. The highest BCUT2D eigenvalue weighted by atomic mass is 32.2. The largest absolute Gasteiger partial charge is 0.478 e. The van der Waals surface area contributed by atoms with E-state index in [0.29, 0.717) is 18.0 Å². The number of carbonyl (C=O) groups is 2. The van der Waals surface area contributed by atoms with Crippen LogP contribution in [0.25, 0.3) is 0 Å². The molecule has 0 fully saturated rings. The first-order chi connectivity index (χ1) is 8.54. The molecular weight excluding hydrogens is 250 g/mol. The Balaban J connectivity index is 2.61. The second kappa shape index (κ2) is 7.06. The van der Waals surface area contributed by atoms with Gasteiger partial charge in [-0.1, -0.05) is 13.0 Å². The lowest BCUT2D eigenvalue weighted by molar-refractivity contribution is 0.0697. The van der Waals surface area contributed by atoms with Crippen molar-refractivity contribution in [2.45, 2.75) is 6.92 Å². The molecule has 5 heteroatoms. The second-order valence-electron chi connectivity index (χ2n) is 4.16. The SMILES string of the molecule is CSCC(C)CNC(=O)c1cccc(C(=O)O)c1. The maximum atomic E-state index is 11.8. The molecule has 0 saturated carbocycles. The van der Waals surface area contributed by atoms with Gasteiger partial charge in [-0.05, 0) is 36.1 Å². The van der Waals surface area contributed by atoms with Gasteiger partial charge < -0.3 is 10.4 Å². The molecule has 0 saturated heterocycles. The summed E-state index contributed by atoms with van der Waals surface area (Å²) in [6, 6.07) is 6.04. The normalized spacial score (nSPS) is 11.9. The lowest BCUT2D eigenvalue weighted by Crippen LogP contribution is -2.29. The molecule has 1 amide bonds. The van der Waals surface area contributed by atoms with Crippen molar-refractivity contribution in [2.24, 2.45) is 5.92 Å². The Labute approximate surface area is 111 Å². The minimum atomic E-state index is -1.03. The fraction of sp³-hybridized carbons (Fsp3) is 0.385. The van der Waals surface area contributed by atoms with Gasteiger partial charge in [0.2, 0.25) is 0 Å². The fourth-order valence-electron chi connectivity index (χ4n) is 1.51. The average molecular weight is 267 g/mol. The van der Waals surface area contributed by atoms with E-state index in [4.69, 9.17) is 5.11 Å². The summed E-state index contributed by atoms with van der Waals surface area (Å²) in [7, 11) is 0. The Morgan fingerprint density at radius 1 is 1.39 bits per heavy atom. The zero-order valence-corrected chi connectivity index (χ0v) is 11.3. The van der Waals surface area contributed by atoms with Crippen LogP contribution in [0.15, 0.2) is 24.3 Å². The third-order valence-electron chi connectivity index (χ3n) is 2.43. The molecule has 0 heterocycles. The van der Waals surface area contributed by atoms with Crippen LogP contribution in [0.5, 0.6) is 0 Å². The smallest absolute Gasteiger partial charge is 0.335 e. The molecule has 4 nitrogen and oxygen atoms in total. The third kappa shape index (κ3) is 4.41. The van der Waals surface area contributed by atoms with Crippen LogP contribution >= 0.6 is 11.8 Å². The van der Waals surface area contributed by atoms with Gasteiger partial charge >= 0.3 is 5.97 Å².